The number of carbonyl (C=O) groups is 1. The molecule has 1 atom stereocenters. The van der Waals surface area contributed by atoms with E-state index in [0.717, 1.165) is 0 Å². The maximum Gasteiger partial charge on any atom is 0.443 e. The second-order valence-corrected chi connectivity index (χ2v) is 8.30. The number of hydrogen-bond acceptors (Lipinski definition) is 6. The third kappa shape index (κ3) is 4.98. The Bertz CT molecular complexity index is 633. The molecule has 2 heterocycles. The average Bonchev–Trinajstić information content (AvgIpc) is 2.87. The topological polar surface area (TPSA) is 65.9 Å². The van der Waals surface area contributed by atoms with E-state index >= 15 is 0 Å². The molecule has 1 aliphatic rings. The molecule has 142 valence electrons. The normalized spacial score (nSPS) is 19.3. The van der Waals surface area contributed by atoms with Crippen LogP contribution < -0.4 is 4.90 Å². The molecule has 0 bridgehead atoms. The first-order valence-electron chi connectivity index (χ1n) is 7.51. The Labute approximate surface area is 155 Å². The number of hydrogen-bond donors (Lipinski definition) is 1. The van der Waals surface area contributed by atoms with Crippen LogP contribution in [0.15, 0.2) is 4.60 Å². The fourth-order valence-electron chi connectivity index (χ4n) is 2.37. The number of thiazole rings is 1. The van der Waals surface area contributed by atoms with Gasteiger partial charge in [0.2, 0.25) is 5.01 Å². The van der Waals surface area contributed by atoms with Crippen molar-refractivity contribution in [1.82, 2.24) is 9.88 Å². The van der Waals surface area contributed by atoms with E-state index < -0.39 is 28.9 Å². The maximum atomic E-state index is 12.8. The van der Waals surface area contributed by atoms with Crippen LogP contribution in [0.3, 0.4) is 0 Å². The van der Waals surface area contributed by atoms with Crippen molar-refractivity contribution in [3.8, 4) is 0 Å². The lowest BCUT2D eigenvalue weighted by Crippen LogP contribution is -2.57. The number of anilines is 1. The average molecular weight is 446 g/mol. The van der Waals surface area contributed by atoms with Crippen molar-refractivity contribution in [2.75, 3.05) is 31.1 Å². The molecule has 25 heavy (non-hydrogen) atoms. The minimum absolute atomic E-state index is 0.104. The number of halogens is 4. The Morgan fingerprint density at radius 2 is 2.04 bits per heavy atom. The van der Waals surface area contributed by atoms with Crippen molar-refractivity contribution in [3.05, 3.63) is 9.61 Å². The summed E-state index contributed by atoms with van der Waals surface area (Å²) in [5.74, 6) is 0. The lowest BCUT2D eigenvalue weighted by molar-refractivity contribution is -0.137. The van der Waals surface area contributed by atoms with E-state index in [-0.39, 0.29) is 24.3 Å². The molecule has 0 aromatic carbocycles. The molecule has 0 aliphatic carbocycles. The van der Waals surface area contributed by atoms with Crippen molar-refractivity contribution in [2.45, 2.75) is 38.6 Å². The second-order valence-electron chi connectivity index (χ2n) is 6.57. The lowest BCUT2D eigenvalue weighted by atomic mass is 10.2. The zero-order valence-electron chi connectivity index (χ0n) is 13.9. The lowest BCUT2D eigenvalue weighted by Gasteiger charge is -2.41. The van der Waals surface area contributed by atoms with Gasteiger partial charge in [-0.05, 0) is 36.7 Å². The summed E-state index contributed by atoms with van der Waals surface area (Å²) in [6, 6.07) is -0.577. The molecule has 6 nitrogen and oxygen atoms in total. The molecule has 1 aromatic rings. The summed E-state index contributed by atoms with van der Waals surface area (Å²) in [6.45, 7) is 5.62. The van der Waals surface area contributed by atoms with Crippen LogP contribution in [0.1, 0.15) is 25.8 Å². The molecule has 1 aromatic heterocycles. The Kier molecular flexibility index (Phi) is 5.89. The van der Waals surface area contributed by atoms with Gasteiger partial charge < -0.3 is 14.7 Å². The molecule has 0 spiro atoms. The molecule has 1 aliphatic heterocycles. The standard InChI is InChI=1S/C14H19BrF3N3O3S/c1-13(2,3)24-12(23)21-5-4-20(6-8(21)7-22)10-9(15)19-11(25-10)14(16,17)18/h8,22H,4-7H2,1-3H3. The van der Waals surface area contributed by atoms with E-state index in [2.05, 4.69) is 20.9 Å². The van der Waals surface area contributed by atoms with E-state index in [0.29, 0.717) is 22.9 Å². The Hall–Kier alpha value is -1.07. The molecule has 1 saturated heterocycles. The fourth-order valence-corrected chi connectivity index (χ4v) is 4.02. The summed E-state index contributed by atoms with van der Waals surface area (Å²) in [5.41, 5.74) is -0.670. The van der Waals surface area contributed by atoms with Crippen molar-refractivity contribution in [2.24, 2.45) is 0 Å². The first-order chi connectivity index (χ1) is 11.4. The Balaban J connectivity index is 2.14. The highest BCUT2D eigenvalue weighted by atomic mass is 79.9. The van der Waals surface area contributed by atoms with Gasteiger partial charge >= 0.3 is 12.3 Å². The largest absolute Gasteiger partial charge is 0.444 e. The van der Waals surface area contributed by atoms with Gasteiger partial charge in [-0.25, -0.2) is 9.78 Å². The van der Waals surface area contributed by atoms with E-state index in [1.165, 1.54) is 4.90 Å². The summed E-state index contributed by atoms with van der Waals surface area (Å²) in [4.78, 5) is 18.8. The van der Waals surface area contributed by atoms with E-state index in [1.807, 2.05) is 0 Å². The quantitative estimate of drug-likeness (QED) is 0.755. The molecule has 0 radical (unpaired) electrons. The summed E-state index contributed by atoms with van der Waals surface area (Å²) >= 11 is 3.59. The molecule has 2 rings (SSSR count). The summed E-state index contributed by atoms with van der Waals surface area (Å²) in [7, 11) is 0. The van der Waals surface area contributed by atoms with Crippen LogP contribution in [0.4, 0.5) is 23.0 Å². The van der Waals surface area contributed by atoms with Crippen LogP contribution in [0, 0.1) is 0 Å². The number of aliphatic hydroxyl groups excluding tert-OH is 1. The number of rotatable bonds is 2. The maximum absolute atomic E-state index is 12.8. The summed E-state index contributed by atoms with van der Waals surface area (Å²) < 4.78 is 43.9. The minimum Gasteiger partial charge on any atom is -0.444 e. The highest BCUT2D eigenvalue weighted by molar-refractivity contribution is 9.10. The van der Waals surface area contributed by atoms with Gasteiger partial charge in [-0.1, -0.05) is 11.3 Å². The van der Waals surface area contributed by atoms with E-state index in [4.69, 9.17) is 4.74 Å². The van der Waals surface area contributed by atoms with Crippen LogP contribution in [0.5, 0.6) is 0 Å². The van der Waals surface area contributed by atoms with Gasteiger partial charge in [0.1, 0.15) is 15.2 Å². The van der Waals surface area contributed by atoms with Gasteiger partial charge in [0.25, 0.3) is 0 Å². The first-order valence-corrected chi connectivity index (χ1v) is 9.12. The van der Waals surface area contributed by atoms with Gasteiger partial charge in [0.15, 0.2) is 0 Å². The van der Waals surface area contributed by atoms with Gasteiger partial charge in [-0.3, -0.25) is 4.90 Å². The number of piperazine rings is 1. The van der Waals surface area contributed by atoms with Gasteiger partial charge in [-0.15, -0.1) is 0 Å². The SMILES string of the molecule is CC(C)(C)OC(=O)N1CCN(c2sc(C(F)(F)F)nc2Br)CC1CO. The van der Waals surface area contributed by atoms with Crippen LogP contribution in [-0.2, 0) is 10.9 Å². The van der Waals surface area contributed by atoms with Gasteiger partial charge in [-0.2, -0.15) is 13.2 Å². The molecular weight excluding hydrogens is 427 g/mol. The number of aliphatic hydroxyl groups is 1. The smallest absolute Gasteiger partial charge is 0.443 e. The number of carbonyl (C=O) groups excluding carboxylic acids is 1. The van der Waals surface area contributed by atoms with Gasteiger partial charge in [0, 0.05) is 19.6 Å². The molecular formula is C14H19BrF3N3O3S. The predicted octanol–water partition coefficient (Wildman–Crippen LogP) is 3.34. The third-order valence-electron chi connectivity index (χ3n) is 3.42. The van der Waals surface area contributed by atoms with E-state index in [9.17, 15) is 23.1 Å². The monoisotopic (exact) mass is 445 g/mol. The molecule has 1 amide bonds. The Morgan fingerprint density at radius 3 is 2.52 bits per heavy atom. The number of amides is 1. The number of ether oxygens (including phenoxy) is 1. The number of aromatic nitrogens is 1. The summed E-state index contributed by atoms with van der Waals surface area (Å²) in [5, 5.41) is 8.99. The van der Waals surface area contributed by atoms with Crippen molar-refractivity contribution in [3.63, 3.8) is 0 Å². The number of alkyl halides is 3. The predicted molar refractivity (Wildman–Crippen MR) is 90.8 cm³/mol. The first kappa shape index (κ1) is 20.2. The van der Waals surface area contributed by atoms with Crippen LogP contribution in [0.25, 0.3) is 0 Å². The van der Waals surface area contributed by atoms with Crippen LogP contribution in [-0.4, -0.2) is 59.0 Å². The molecule has 1 fully saturated rings. The van der Waals surface area contributed by atoms with Crippen molar-refractivity contribution in [1.29, 1.82) is 0 Å². The highest BCUT2D eigenvalue weighted by Crippen LogP contribution is 2.41. The third-order valence-corrected chi connectivity index (χ3v) is 5.40. The van der Waals surface area contributed by atoms with E-state index in [1.54, 1.807) is 25.7 Å². The fraction of sp³-hybridized carbons (Fsp3) is 0.714. The molecule has 1 unspecified atom stereocenters. The highest BCUT2D eigenvalue weighted by Gasteiger charge is 2.38. The number of nitrogens with zero attached hydrogens (tertiary/aromatic N) is 3. The molecule has 1 N–H and O–H groups in total. The zero-order chi connectivity index (χ0) is 19.0. The minimum atomic E-state index is -4.51. The zero-order valence-corrected chi connectivity index (χ0v) is 16.3. The van der Waals surface area contributed by atoms with Crippen molar-refractivity contribution < 1.29 is 27.8 Å². The molecule has 11 heteroatoms. The molecule has 0 saturated carbocycles. The van der Waals surface area contributed by atoms with Gasteiger partial charge in [0.05, 0.1) is 12.6 Å². The van der Waals surface area contributed by atoms with Crippen LogP contribution >= 0.6 is 27.3 Å². The van der Waals surface area contributed by atoms with Crippen molar-refractivity contribution >= 4 is 38.4 Å². The summed E-state index contributed by atoms with van der Waals surface area (Å²) in [6.07, 6.45) is -5.06. The Morgan fingerprint density at radius 1 is 1.40 bits per heavy atom. The van der Waals surface area contributed by atoms with Crippen LogP contribution in [0.2, 0.25) is 0 Å². The second kappa shape index (κ2) is 7.28.